The summed E-state index contributed by atoms with van der Waals surface area (Å²) in [5.41, 5.74) is 1.21. The second kappa shape index (κ2) is 15.7. The number of benzene rings is 3. The van der Waals surface area contributed by atoms with E-state index in [9.17, 15) is 42.1 Å². The van der Waals surface area contributed by atoms with Gasteiger partial charge in [0.1, 0.15) is 81.9 Å². The van der Waals surface area contributed by atoms with Gasteiger partial charge in [-0.3, -0.25) is 0 Å². The SMILES string of the molecule is CN(C)c1ccc(C(=C(C#N)C#N)C(=C(C#N)C#N)c2ccc(C(=C(C#N)C#N)C(=C(C#N)C#N)c3ccc(N(C)C)cc3)c3nsnc23)cc1. The van der Waals surface area contributed by atoms with E-state index in [4.69, 9.17) is 0 Å². The van der Waals surface area contributed by atoms with Crippen LogP contribution in [-0.4, -0.2) is 36.9 Å². The summed E-state index contributed by atoms with van der Waals surface area (Å²) in [5, 5.41) is 80.9. The number of nitriles is 8. The van der Waals surface area contributed by atoms with Crippen LogP contribution in [0.15, 0.2) is 83.0 Å². The Morgan fingerprint density at radius 3 is 0.961 bits per heavy atom. The van der Waals surface area contributed by atoms with Crippen molar-refractivity contribution >= 4 is 56.4 Å². The summed E-state index contributed by atoms with van der Waals surface area (Å²) in [6.07, 6.45) is 0. The smallest absolute Gasteiger partial charge is 0.138 e. The molecule has 0 bridgehead atoms. The van der Waals surface area contributed by atoms with E-state index in [2.05, 4.69) is 8.75 Å². The number of fused-ring (bicyclic) bond motifs is 1. The number of hydrogen-bond acceptors (Lipinski definition) is 13. The predicted molar refractivity (Wildman–Crippen MR) is 192 cm³/mol. The summed E-state index contributed by atoms with van der Waals surface area (Å²) >= 11 is 0.755. The molecule has 0 spiro atoms. The zero-order chi connectivity index (χ0) is 37.2. The zero-order valence-electron chi connectivity index (χ0n) is 27.5. The van der Waals surface area contributed by atoms with Crippen molar-refractivity contribution < 1.29 is 0 Å². The minimum Gasteiger partial charge on any atom is -0.378 e. The van der Waals surface area contributed by atoms with E-state index in [0.29, 0.717) is 11.1 Å². The van der Waals surface area contributed by atoms with Gasteiger partial charge in [-0.15, -0.1) is 0 Å². The number of hydrogen-bond donors (Lipinski definition) is 0. The fraction of sp³-hybridized carbons (Fsp3) is 0.105. The number of aromatic nitrogens is 2. The van der Waals surface area contributed by atoms with Crippen molar-refractivity contribution in [1.82, 2.24) is 8.75 Å². The highest BCUT2D eigenvalue weighted by Gasteiger charge is 2.28. The fourth-order valence-electron chi connectivity index (χ4n) is 5.29. The van der Waals surface area contributed by atoms with Crippen LogP contribution in [-0.2, 0) is 0 Å². The van der Waals surface area contributed by atoms with Gasteiger partial charge >= 0.3 is 0 Å². The Hall–Kier alpha value is -8.04. The Morgan fingerprint density at radius 1 is 0.431 bits per heavy atom. The van der Waals surface area contributed by atoms with E-state index in [1.54, 1.807) is 48.5 Å². The van der Waals surface area contributed by atoms with Crippen LogP contribution >= 0.6 is 11.7 Å². The van der Waals surface area contributed by atoms with E-state index in [0.717, 1.165) is 23.1 Å². The standard InChI is InChI=1S/C38H22N12S/c1-49(2)29-9-5-23(6-10-29)33(25(15-39)16-40)35(27(19-43)20-44)31-13-14-32(38-37(31)47-51-48-38)36(28(21-45)22-46)34(26(17-41)18-42)24-7-11-30(12-8-24)50(3)4/h5-14H,1-4H3. The Balaban J connectivity index is 2.17. The predicted octanol–water partition coefficient (Wildman–Crippen LogP) is 6.43. The number of allylic oxidation sites excluding steroid dienone is 8. The number of anilines is 2. The molecule has 0 N–H and O–H groups in total. The summed E-state index contributed by atoms with van der Waals surface area (Å²) in [6.45, 7) is 0. The largest absolute Gasteiger partial charge is 0.378 e. The Bertz CT molecular complexity index is 2300. The molecule has 0 amide bonds. The molecule has 0 fully saturated rings. The maximum atomic E-state index is 10.2. The summed E-state index contributed by atoms with van der Waals surface area (Å²) in [7, 11) is 7.36. The van der Waals surface area contributed by atoms with Crippen molar-refractivity contribution in [1.29, 1.82) is 42.1 Å². The van der Waals surface area contributed by atoms with Gasteiger partial charge in [-0.25, -0.2) is 0 Å². The van der Waals surface area contributed by atoms with Crippen LogP contribution < -0.4 is 9.80 Å². The topological polar surface area (TPSA) is 223 Å². The van der Waals surface area contributed by atoms with Crippen molar-refractivity contribution in [3.63, 3.8) is 0 Å². The molecule has 0 unspecified atom stereocenters. The monoisotopic (exact) mass is 678 g/mol. The first-order valence-electron chi connectivity index (χ1n) is 14.6. The van der Waals surface area contributed by atoms with Gasteiger partial charge in [-0.2, -0.15) is 50.8 Å². The van der Waals surface area contributed by atoms with Gasteiger partial charge in [0.05, 0.1) is 11.7 Å². The molecule has 0 radical (unpaired) electrons. The first-order valence-corrected chi connectivity index (χ1v) is 15.4. The third-order valence-corrected chi connectivity index (χ3v) is 8.22. The molecule has 3 aromatic carbocycles. The van der Waals surface area contributed by atoms with Crippen molar-refractivity contribution in [2.75, 3.05) is 38.0 Å². The van der Waals surface area contributed by atoms with E-state index in [-0.39, 0.29) is 55.6 Å². The maximum Gasteiger partial charge on any atom is 0.138 e. The van der Waals surface area contributed by atoms with Crippen LogP contribution in [0.3, 0.4) is 0 Å². The molecule has 4 rings (SSSR count). The molecule has 0 aliphatic heterocycles. The van der Waals surface area contributed by atoms with Crippen molar-refractivity contribution in [2.24, 2.45) is 0 Å². The molecule has 4 aromatic rings. The zero-order valence-corrected chi connectivity index (χ0v) is 28.4. The normalized spacial score (nSPS) is 9.41. The molecule has 51 heavy (non-hydrogen) atoms. The van der Waals surface area contributed by atoms with Crippen LogP contribution in [0.1, 0.15) is 22.3 Å². The molecule has 1 heterocycles. The van der Waals surface area contributed by atoms with E-state index >= 15 is 0 Å². The van der Waals surface area contributed by atoms with E-state index in [1.807, 2.05) is 86.5 Å². The summed E-state index contributed by atoms with van der Waals surface area (Å²) in [6, 6.07) is 31.7. The van der Waals surface area contributed by atoms with Gasteiger partial charge in [0.2, 0.25) is 0 Å². The van der Waals surface area contributed by atoms with Gasteiger partial charge in [0.15, 0.2) is 0 Å². The molecule has 0 saturated carbocycles. The van der Waals surface area contributed by atoms with Crippen LogP contribution in [0.25, 0.3) is 33.3 Å². The van der Waals surface area contributed by atoms with Gasteiger partial charge in [-0.05, 0) is 35.4 Å². The molecule has 240 valence electrons. The molecule has 0 atom stereocenters. The lowest BCUT2D eigenvalue weighted by Gasteiger charge is -2.19. The maximum absolute atomic E-state index is 10.2. The third kappa shape index (κ3) is 6.84. The second-order valence-corrected chi connectivity index (χ2v) is 11.4. The van der Waals surface area contributed by atoms with Crippen LogP contribution in [0.5, 0.6) is 0 Å². The Kier molecular flexibility index (Phi) is 11.0. The Labute approximate surface area is 298 Å². The average molecular weight is 679 g/mol. The van der Waals surface area contributed by atoms with Gasteiger partial charge in [0, 0.05) is 73.0 Å². The van der Waals surface area contributed by atoms with Crippen LogP contribution in [0.2, 0.25) is 0 Å². The Morgan fingerprint density at radius 2 is 0.706 bits per heavy atom. The lowest BCUT2D eigenvalue weighted by Crippen LogP contribution is -2.08. The number of rotatable bonds is 8. The lowest BCUT2D eigenvalue weighted by atomic mass is 9.82. The van der Waals surface area contributed by atoms with Crippen LogP contribution in [0, 0.1) is 90.6 Å². The highest BCUT2D eigenvalue weighted by Crippen LogP contribution is 2.44. The molecule has 0 aliphatic carbocycles. The summed E-state index contributed by atoms with van der Waals surface area (Å²) in [5.74, 6) is 0. The highest BCUT2D eigenvalue weighted by atomic mass is 32.1. The molecular weight excluding hydrogens is 657 g/mol. The minimum absolute atomic E-state index is 0.00812. The first kappa shape index (κ1) is 35.8. The van der Waals surface area contributed by atoms with Gasteiger partial charge in [0.25, 0.3) is 0 Å². The minimum atomic E-state index is -0.421. The second-order valence-electron chi connectivity index (χ2n) is 10.9. The third-order valence-electron chi connectivity index (χ3n) is 7.69. The van der Waals surface area contributed by atoms with Crippen molar-refractivity contribution in [2.45, 2.75) is 0 Å². The van der Waals surface area contributed by atoms with Gasteiger partial charge < -0.3 is 9.80 Å². The average Bonchev–Trinajstić information content (AvgIpc) is 3.65. The molecule has 0 saturated heterocycles. The highest BCUT2D eigenvalue weighted by molar-refractivity contribution is 7.00. The fourth-order valence-corrected chi connectivity index (χ4v) is 5.86. The molecule has 13 heteroatoms. The summed E-state index contributed by atoms with van der Waals surface area (Å²) < 4.78 is 8.92. The number of nitrogens with zero attached hydrogens (tertiary/aromatic N) is 12. The van der Waals surface area contributed by atoms with Gasteiger partial charge in [-0.1, -0.05) is 36.4 Å². The van der Waals surface area contributed by atoms with E-state index in [1.165, 1.54) is 12.1 Å². The van der Waals surface area contributed by atoms with Crippen molar-refractivity contribution in [3.05, 3.63) is 105 Å². The lowest BCUT2D eigenvalue weighted by molar-refractivity contribution is 1.13. The quantitative estimate of drug-likeness (QED) is 0.145. The molecular formula is C38H22N12S. The molecule has 12 nitrogen and oxygen atoms in total. The molecule has 0 aliphatic rings. The van der Waals surface area contributed by atoms with E-state index < -0.39 is 11.1 Å². The summed E-state index contributed by atoms with van der Waals surface area (Å²) in [4.78, 5) is 3.70. The van der Waals surface area contributed by atoms with Crippen molar-refractivity contribution in [3.8, 4) is 48.6 Å². The first-order chi connectivity index (χ1) is 24.6. The molecule has 1 aromatic heterocycles. The van der Waals surface area contributed by atoms with Crippen LogP contribution in [0.4, 0.5) is 11.4 Å².